The topological polar surface area (TPSA) is 72.0 Å². The molecule has 1 aromatic heterocycles. The van der Waals surface area contributed by atoms with Crippen molar-refractivity contribution in [2.24, 2.45) is 5.73 Å². The second-order valence-corrected chi connectivity index (χ2v) is 4.05. The zero-order valence-electron chi connectivity index (χ0n) is 10.4. The molecule has 0 atom stereocenters. The summed E-state index contributed by atoms with van der Waals surface area (Å²) in [6.07, 6.45) is 7.71. The van der Waals surface area contributed by atoms with Crippen LogP contribution < -0.4 is 10.5 Å². The molecule has 0 aliphatic rings. The van der Waals surface area contributed by atoms with Crippen molar-refractivity contribution in [2.45, 2.75) is 39.0 Å². The van der Waals surface area contributed by atoms with E-state index in [1.807, 2.05) is 0 Å². The van der Waals surface area contributed by atoms with Crippen LogP contribution in [0.4, 0.5) is 0 Å². The SMILES string of the molecule is CCCCCCCOc1ccnc(C(=N)N)c1. The maximum Gasteiger partial charge on any atom is 0.141 e. The van der Waals surface area contributed by atoms with E-state index in [-0.39, 0.29) is 5.84 Å². The number of ether oxygens (including phenoxy) is 1. The van der Waals surface area contributed by atoms with Crippen molar-refractivity contribution >= 4 is 5.84 Å². The maximum atomic E-state index is 7.28. The lowest BCUT2D eigenvalue weighted by molar-refractivity contribution is 0.304. The normalized spacial score (nSPS) is 10.2. The molecule has 0 saturated carbocycles. The van der Waals surface area contributed by atoms with Crippen molar-refractivity contribution < 1.29 is 4.74 Å². The van der Waals surface area contributed by atoms with Gasteiger partial charge in [-0.2, -0.15) is 0 Å². The number of aromatic nitrogens is 1. The largest absolute Gasteiger partial charge is 0.493 e. The third kappa shape index (κ3) is 5.33. The molecule has 0 amide bonds. The third-order valence-corrected chi connectivity index (χ3v) is 2.52. The van der Waals surface area contributed by atoms with Crippen LogP contribution in [0.1, 0.15) is 44.7 Å². The number of nitrogens with one attached hydrogen (secondary N) is 1. The lowest BCUT2D eigenvalue weighted by atomic mass is 10.2. The van der Waals surface area contributed by atoms with Crippen molar-refractivity contribution in [2.75, 3.05) is 6.61 Å². The molecule has 1 heterocycles. The number of hydrogen-bond acceptors (Lipinski definition) is 3. The van der Waals surface area contributed by atoms with Gasteiger partial charge in [-0.05, 0) is 12.5 Å². The van der Waals surface area contributed by atoms with Gasteiger partial charge in [0, 0.05) is 12.3 Å². The van der Waals surface area contributed by atoms with Crippen molar-refractivity contribution in [3.63, 3.8) is 0 Å². The van der Waals surface area contributed by atoms with Gasteiger partial charge in [0.25, 0.3) is 0 Å². The fourth-order valence-corrected chi connectivity index (χ4v) is 1.54. The Morgan fingerprint density at radius 1 is 1.35 bits per heavy atom. The van der Waals surface area contributed by atoms with Crippen LogP contribution in [0.15, 0.2) is 18.3 Å². The molecule has 0 aliphatic heterocycles. The van der Waals surface area contributed by atoms with Crippen LogP contribution in [0.25, 0.3) is 0 Å². The zero-order valence-corrected chi connectivity index (χ0v) is 10.4. The molecule has 0 radical (unpaired) electrons. The second kappa shape index (κ2) is 7.65. The summed E-state index contributed by atoms with van der Waals surface area (Å²) >= 11 is 0. The van der Waals surface area contributed by atoms with Gasteiger partial charge in [-0.1, -0.05) is 32.6 Å². The fraction of sp³-hybridized carbons (Fsp3) is 0.538. The Morgan fingerprint density at radius 3 is 2.82 bits per heavy atom. The summed E-state index contributed by atoms with van der Waals surface area (Å²) in [6, 6.07) is 3.49. The molecule has 0 bridgehead atoms. The minimum absolute atomic E-state index is 0.0293. The van der Waals surface area contributed by atoms with E-state index in [4.69, 9.17) is 15.9 Å². The Balaban J connectivity index is 2.27. The number of nitrogens with zero attached hydrogens (tertiary/aromatic N) is 1. The van der Waals surface area contributed by atoms with E-state index in [1.54, 1.807) is 18.3 Å². The van der Waals surface area contributed by atoms with Crippen molar-refractivity contribution in [1.29, 1.82) is 5.41 Å². The van der Waals surface area contributed by atoms with E-state index in [0.717, 1.165) is 12.2 Å². The average molecular weight is 235 g/mol. The van der Waals surface area contributed by atoms with Crippen LogP contribution in [0, 0.1) is 5.41 Å². The summed E-state index contributed by atoms with van der Waals surface area (Å²) in [7, 11) is 0. The highest BCUT2D eigenvalue weighted by molar-refractivity contribution is 5.93. The van der Waals surface area contributed by atoms with Crippen LogP contribution in [-0.2, 0) is 0 Å². The predicted octanol–water partition coefficient (Wildman–Crippen LogP) is 2.71. The predicted molar refractivity (Wildman–Crippen MR) is 69.5 cm³/mol. The van der Waals surface area contributed by atoms with Gasteiger partial charge >= 0.3 is 0 Å². The van der Waals surface area contributed by atoms with Crippen molar-refractivity contribution in [3.05, 3.63) is 24.0 Å². The highest BCUT2D eigenvalue weighted by atomic mass is 16.5. The van der Waals surface area contributed by atoms with E-state index < -0.39 is 0 Å². The lowest BCUT2D eigenvalue weighted by Gasteiger charge is -2.06. The van der Waals surface area contributed by atoms with Crippen LogP contribution in [-0.4, -0.2) is 17.4 Å². The summed E-state index contributed by atoms with van der Waals surface area (Å²) in [4.78, 5) is 3.98. The molecule has 17 heavy (non-hydrogen) atoms. The number of rotatable bonds is 8. The summed E-state index contributed by atoms with van der Waals surface area (Å²) in [5.74, 6) is 0.707. The van der Waals surface area contributed by atoms with Crippen LogP contribution >= 0.6 is 0 Å². The molecule has 0 saturated heterocycles. The van der Waals surface area contributed by atoms with Crippen LogP contribution in [0.3, 0.4) is 0 Å². The maximum absolute atomic E-state index is 7.28. The first-order valence-corrected chi connectivity index (χ1v) is 6.17. The monoisotopic (exact) mass is 235 g/mol. The molecule has 1 aromatic rings. The molecular formula is C13H21N3O. The number of amidine groups is 1. The van der Waals surface area contributed by atoms with Crippen LogP contribution in [0.5, 0.6) is 5.75 Å². The zero-order chi connectivity index (χ0) is 12.5. The molecule has 0 aliphatic carbocycles. The van der Waals surface area contributed by atoms with Gasteiger partial charge in [-0.25, -0.2) is 0 Å². The Kier molecular flexibility index (Phi) is 6.07. The first-order chi connectivity index (χ1) is 8.24. The third-order valence-electron chi connectivity index (χ3n) is 2.52. The smallest absolute Gasteiger partial charge is 0.141 e. The molecule has 1 rings (SSSR count). The highest BCUT2D eigenvalue weighted by Gasteiger charge is 2.00. The molecule has 4 heteroatoms. The first kappa shape index (κ1) is 13.5. The summed E-state index contributed by atoms with van der Waals surface area (Å²) in [5.41, 5.74) is 5.82. The van der Waals surface area contributed by atoms with E-state index in [1.165, 1.54) is 25.7 Å². The Labute approximate surface area is 103 Å². The Bertz CT molecular complexity index is 352. The second-order valence-electron chi connectivity index (χ2n) is 4.05. The van der Waals surface area contributed by atoms with Gasteiger partial charge in [0.2, 0.25) is 0 Å². The van der Waals surface area contributed by atoms with E-state index >= 15 is 0 Å². The molecule has 0 spiro atoms. The highest BCUT2D eigenvalue weighted by Crippen LogP contribution is 2.11. The summed E-state index contributed by atoms with van der Waals surface area (Å²) in [6.45, 7) is 2.92. The summed E-state index contributed by atoms with van der Waals surface area (Å²) < 4.78 is 5.58. The van der Waals surface area contributed by atoms with E-state index in [0.29, 0.717) is 12.3 Å². The van der Waals surface area contributed by atoms with E-state index in [2.05, 4.69) is 11.9 Å². The van der Waals surface area contributed by atoms with E-state index in [9.17, 15) is 0 Å². The van der Waals surface area contributed by atoms with Crippen LogP contribution in [0.2, 0.25) is 0 Å². The minimum Gasteiger partial charge on any atom is -0.493 e. The minimum atomic E-state index is -0.0293. The first-order valence-electron chi connectivity index (χ1n) is 6.17. The fourth-order valence-electron chi connectivity index (χ4n) is 1.54. The quantitative estimate of drug-likeness (QED) is 0.413. The molecule has 4 nitrogen and oxygen atoms in total. The number of unbranched alkanes of at least 4 members (excludes halogenated alkanes) is 4. The summed E-state index contributed by atoms with van der Waals surface area (Å²) in [5, 5.41) is 7.28. The number of nitrogens with two attached hydrogens (primary N) is 1. The van der Waals surface area contributed by atoms with Gasteiger partial charge in [0.1, 0.15) is 17.3 Å². The Hall–Kier alpha value is -1.58. The van der Waals surface area contributed by atoms with Crippen molar-refractivity contribution in [1.82, 2.24) is 4.98 Å². The molecular weight excluding hydrogens is 214 g/mol. The Morgan fingerprint density at radius 2 is 2.12 bits per heavy atom. The average Bonchev–Trinajstić information content (AvgIpc) is 2.34. The molecule has 3 N–H and O–H groups in total. The lowest BCUT2D eigenvalue weighted by Crippen LogP contribution is -2.13. The van der Waals surface area contributed by atoms with Gasteiger partial charge in [0.15, 0.2) is 0 Å². The molecule has 0 fully saturated rings. The number of pyridine rings is 1. The van der Waals surface area contributed by atoms with Gasteiger partial charge in [-0.15, -0.1) is 0 Å². The molecule has 0 aromatic carbocycles. The van der Waals surface area contributed by atoms with Crippen molar-refractivity contribution in [3.8, 4) is 5.75 Å². The van der Waals surface area contributed by atoms with Gasteiger partial charge in [-0.3, -0.25) is 10.4 Å². The number of nitrogen functional groups attached to an aromatic ring is 1. The molecule has 94 valence electrons. The molecule has 0 unspecified atom stereocenters. The van der Waals surface area contributed by atoms with Gasteiger partial charge in [0.05, 0.1) is 6.61 Å². The number of hydrogen-bond donors (Lipinski definition) is 2. The van der Waals surface area contributed by atoms with Gasteiger partial charge < -0.3 is 10.5 Å². The standard InChI is InChI=1S/C13H21N3O/c1-2-3-4-5-6-9-17-11-7-8-16-12(10-11)13(14)15/h7-8,10H,2-6,9H2,1H3,(H3,14,15).